The van der Waals surface area contributed by atoms with Gasteiger partial charge in [-0.15, -0.1) is 0 Å². The zero-order valence-corrected chi connectivity index (χ0v) is 23.5. The van der Waals surface area contributed by atoms with Gasteiger partial charge in [-0.05, 0) is 50.5 Å². The molecule has 7 rings (SSSR count). The highest BCUT2D eigenvalue weighted by molar-refractivity contribution is 6.53. The van der Waals surface area contributed by atoms with Gasteiger partial charge in [0.15, 0.2) is 0 Å². The van der Waals surface area contributed by atoms with E-state index in [1.54, 1.807) is 24.3 Å². The summed E-state index contributed by atoms with van der Waals surface area (Å²) in [4.78, 5) is 0. The van der Waals surface area contributed by atoms with E-state index in [-0.39, 0.29) is 55.6 Å². The summed E-state index contributed by atoms with van der Waals surface area (Å²) >= 11 is 0. The minimum atomic E-state index is -1.36. The van der Waals surface area contributed by atoms with Crippen molar-refractivity contribution in [3.8, 4) is 44.9 Å². The van der Waals surface area contributed by atoms with Gasteiger partial charge in [0.25, 0.3) is 0 Å². The highest BCUT2D eigenvalue weighted by Crippen LogP contribution is 2.55. The summed E-state index contributed by atoms with van der Waals surface area (Å²) in [5.74, 6) is -2.21. The molecule has 0 amide bonds. The number of aliphatic hydroxyl groups is 2. The van der Waals surface area contributed by atoms with E-state index in [9.17, 15) is 20.4 Å². The van der Waals surface area contributed by atoms with Crippen LogP contribution in [-0.4, -0.2) is 51.8 Å². The van der Waals surface area contributed by atoms with E-state index < -0.39 is 11.9 Å². The van der Waals surface area contributed by atoms with Crippen LogP contribution < -0.4 is 10.9 Å². The van der Waals surface area contributed by atoms with Gasteiger partial charge in [-0.3, -0.25) is 0 Å². The summed E-state index contributed by atoms with van der Waals surface area (Å²) in [7, 11) is 25.0. The van der Waals surface area contributed by atoms with Crippen LogP contribution in [0.25, 0.3) is 60.7 Å². The van der Waals surface area contributed by atoms with Crippen LogP contribution in [0.1, 0.15) is 17.2 Å². The van der Waals surface area contributed by atoms with Crippen LogP contribution in [-0.2, 0) is 0 Å². The van der Waals surface area contributed by atoms with E-state index in [1.807, 2.05) is 48.5 Å². The minimum Gasteiger partial charge on any atom is -0.508 e. The van der Waals surface area contributed by atoms with Crippen LogP contribution in [0.2, 0.25) is 5.82 Å². The van der Waals surface area contributed by atoms with Crippen molar-refractivity contribution in [1.82, 2.24) is 0 Å². The molecule has 8 radical (unpaired) electrons. The Morgan fingerprint density at radius 1 is 0.523 bits per heavy atom. The standard InChI is InChI=1S/C36H22B4O4/c37-29-31(39)35(43)27-24(20-13-10-18(11-14-20)22-15-12-17-6-4-5-9-21(17)16-22)28-26(34(42)30(38)32(40)36(28)44)23(25(27)33(29)41)19-7-2-1-3-8-19/h1-16,29,33,41-44H. The summed E-state index contributed by atoms with van der Waals surface area (Å²) in [6.45, 7) is 0. The highest BCUT2D eigenvalue weighted by atomic mass is 16.3. The van der Waals surface area contributed by atoms with Crippen molar-refractivity contribution in [2.75, 3.05) is 0 Å². The van der Waals surface area contributed by atoms with Crippen LogP contribution in [0.4, 0.5) is 0 Å². The van der Waals surface area contributed by atoms with Crippen molar-refractivity contribution in [2.24, 2.45) is 0 Å². The lowest BCUT2D eigenvalue weighted by atomic mass is 9.60. The van der Waals surface area contributed by atoms with Gasteiger partial charge < -0.3 is 20.4 Å². The van der Waals surface area contributed by atoms with Gasteiger partial charge in [0, 0.05) is 27.5 Å². The molecule has 202 valence electrons. The second kappa shape index (κ2) is 10.4. The second-order valence-corrected chi connectivity index (χ2v) is 11.1. The van der Waals surface area contributed by atoms with Crippen LogP contribution in [0.3, 0.4) is 0 Å². The van der Waals surface area contributed by atoms with Crippen LogP contribution >= 0.6 is 0 Å². The maximum atomic E-state index is 11.6. The molecule has 0 heterocycles. The smallest absolute Gasteiger partial charge is 0.118 e. The predicted octanol–water partition coefficient (Wildman–Crippen LogP) is 5.39. The van der Waals surface area contributed by atoms with Gasteiger partial charge in [-0.25, -0.2) is 0 Å². The second-order valence-electron chi connectivity index (χ2n) is 11.1. The summed E-state index contributed by atoms with van der Waals surface area (Å²) < 4.78 is 0. The molecular formula is C36H22B4O4. The Kier molecular flexibility index (Phi) is 6.64. The van der Waals surface area contributed by atoms with Gasteiger partial charge in [0.1, 0.15) is 40.8 Å². The first-order valence-electron chi connectivity index (χ1n) is 14.1. The molecule has 2 unspecified atom stereocenters. The number of fused-ring (bicyclic) bond motifs is 3. The minimum absolute atomic E-state index is 0.107. The van der Waals surface area contributed by atoms with Crippen molar-refractivity contribution in [2.45, 2.75) is 11.9 Å². The first kappa shape index (κ1) is 28.0. The van der Waals surface area contributed by atoms with Gasteiger partial charge in [0.05, 0.1) is 14.0 Å². The molecule has 44 heavy (non-hydrogen) atoms. The molecule has 4 N–H and O–H groups in total. The molecule has 0 saturated carbocycles. The van der Waals surface area contributed by atoms with Gasteiger partial charge >= 0.3 is 0 Å². The summed E-state index contributed by atoms with van der Waals surface area (Å²) in [5, 5.41) is 48.8. The number of hydrogen-bond acceptors (Lipinski definition) is 4. The molecule has 0 saturated heterocycles. The number of phenolic OH excluding ortho intramolecular Hbond substituents is 2. The average molecular weight is 562 g/mol. The third kappa shape index (κ3) is 4.09. The first-order chi connectivity index (χ1) is 21.2. The molecule has 8 heteroatoms. The zero-order chi connectivity index (χ0) is 30.9. The highest BCUT2D eigenvalue weighted by Gasteiger charge is 2.37. The molecule has 6 aromatic rings. The Morgan fingerprint density at radius 3 is 1.70 bits per heavy atom. The summed E-state index contributed by atoms with van der Waals surface area (Å²) in [5.41, 5.74) is 3.65. The quantitative estimate of drug-likeness (QED) is 0.173. The molecule has 0 aliphatic heterocycles. The number of hydrogen-bond donors (Lipinski definition) is 4. The lowest BCUT2D eigenvalue weighted by molar-refractivity contribution is 0.178. The van der Waals surface area contributed by atoms with Crippen molar-refractivity contribution in [3.63, 3.8) is 0 Å². The first-order valence-corrected chi connectivity index (χ1v) is 14.1. The van der Waals surface area contributed by atoms with Crippen molar-refractivity contribution >= 4 is 69.6 Å². The number of benzene rings is 6. The van der Waals surface area contributed by atoms with Gasteiger partial charge in [0.2, 0.25) is 0 Å². The topological polar surface area (TPSA) is 80.9 Å². The molecule has 0 aromatic heterocycles. The summed E-state index contributed by atoms with van der Waals surface area (Å²) in [6, 6.07) is 30.8. The fraction of sp³-hybridized carbons (Fsp3) is 0.0556. The van der Waals surface area contributed by atoms with Gasteiger partial charge in [-0.2, -0.15) is 0 Å². The fourth-order valence-corrected chi connectivity index (χ4v) is 6.35. The Balaban J connectivity index is 1.59. The number of aromatic hydroxyl groups is 2. The Hall–Kier alpha value is -4.80. The van der Waals surface area contributed by atoms with Crippen molar-refractivity contribution < 1.29 is 20.4 Å². The lowest BCUT2D eigenvalue weighted by Gasteiger charge is -2.35. The molecule has 0 spiro atoms. The fourth-order valence-electron chi connectivity index (χ4n) is 6.35. The normalized spacial score (nSPS) is 16.4. The molecule has 2 atom stereocenters. The Bertz CT molecular complexity index is 2160. The molecule has 4 nitrogen and oxygen atoms in total. The molecule has 0 fully saturated rings. The average Bonchev–Trinajstić information content (AvgIpc) is 3.06. The van der Waals surface area contributed by atoms with E-state index >= 15 is 0 Å². The summed E-state index contributed by atoms with van der Waals surface area (Å²) in [6.07, 6.45) is -1.36. The maximum absolute atomic E-state index is 11.6. The van der Waals surface area contributed by atoms with E-state index in [1.165, 1.54) is 0 Å². The van der Waals surface area contributed by atoms with Crippen molar-refractivity contribution in [1.29, 1.82) is 0 Å². The van der Waals surface area contributed by atoms with Crippen LogP contribution in [0, 0.1) is 0 Å². The Labute approximate surface area is 260 Å². The van der Waals surface area contributed by atoms with Crippen LogP contribution in [0.5, 0.6) is 11.5 Å². The third-order valence-electron chi connectivity index (χ3n) is 8.64. The number of phenols is 2. The van der Waals surface area contributed by atoms with E-state index in [0.717, 1.165) is 21.9 Å². The zero-order valence-electron chi connectivity index (χ0n) is 23.5. The SMILES string of the molecule is [B]C1=C(O)c2c(c(-c3ccccc3)c3c(O)c([B])c([B])c(O)c3c2-c2ccc(-c3ccc4ccccc4c3)cc2)C(O)C1[B]. The number of aliphatic hydroxyl groups excluding tert-OH is 2. The lowest BCUT2D eigenvalue weighted by Crippen LogP contribution is -2.27. The van der Waals surface area contributed by atoms with E-state index in [4.69, 9.17) is 31.4 Å². The third-order valence-corrected chi connectivity index (χ3v) is 8.64. The molecular weight excluding hydrogens is 540 g/mol. The number of rotatable bonds is 3. The van der Waals surface area contributed by atoms with E-state index in [0.29, 0.717) is 22.3 Å². The van der Waals surface area contributed by atoms with Gasteiger partial charge in [-0.1, -0.05) is 107 Å². The monoisotopic (exact) mass is 562 g/mol. The predicted molar refractivity (Wildman–Crippen MR) is 182 cm³/mol. The molecule has 0 bridgehead atoms. The van der Waals surface area contributed by atoms with Crippen molar-refractivity contribution in [3.05, 3.63) is 114 Å². The largest absolute Gasteiger partial charge is 0.508 e. The maximum Gasteiger partial charge on any atom is 0.118 e. The molecule has 1 aliphatic carbocycles. The van der Waals surface area contributed by atoms with Crippen LogP contribution in [0.15, 0.2) is 103 Å². The molecule has 6 aromatic carbocycles. The Morgan fingerprint density at radius 2 is 1.05 bits per heavy atom. The van der Waals surface area contributed by atoms with E-state index in [2.05, 4.69) is 24.3 Å². The molecule has 1 aliphatic rings.